The topological polar surface area (TPSA) is 72.9 Å². The average Bonchev–Trinajstić information content (AvgIpc) is 2.85. The van der Waals surface area contributed by atoms with Gasteiger partial charge < -0.3 is 9.47 Å². The second-order valence-electron chi connectivity index (χ2n) is 6.76. The summed E-state index contributed by atoms with van der Waals surface area (Å²) in [4.78, 5) is 37.0. The van der Waals surface area contributed by atoms with Crippen LogP contribution in [0.5, 0.6) is 0 Å². The van der Waals surface area contributed by atoms with Crippen LogP contribution in [0.1, 0.15) is 37.6 Å². The van der Waals surface area contributed by atoms with Gasteiger partial charge in [0.1, 0.15) is 0 Å². The Kier molecular flexibility index (Phi) is 4.47. The summed E-state index contributed by atoms with van der Waals surface area (Å²) in [6, 6.07) is 6.24. The highest BCUT2D eigenvalue weighted by Gasteiger charge is 2.40. The Balaban J connectivity index is 1.58. The van der Waals surface area contributed by atoms with E-state index in [-0.39, 0.29) is 24.0 Å². The van der Waals surface area contributed by atoms with Crippen molar-refractivity contribution in [2.75, 3.05) is 18.1 Å². The zero-order valence-electron chi connectivity index (χ0n) is 14.6. The molecule has 3 rings (SSSR count). The lowest BCUT2D eigenvalue weighted by atomic mass is 9.83. The molecule has 2 heterocycles. The highest BCUT2D eigenvalue weighted by atomic mass is 16.5. The Morgan fingerprint density at radius 3 is 2.48 bits per heavy atom. The van der Waals surface area contributed by atoms with Crippen molar-refractivity contribution in [3.8, 4) is 0 Å². The van der Waals surface area contributed by atoms with Crippen LogP contribution < -0.4 is 4.90 Å². The fourth-order valence-corrected chi connectivity index (χ4v) is 2.86. The number of amides is 2. The molecule has 2 unspecified atom stereocenters. The van der Waals surface area contributed by atoms with Gasteiger partial charge in [-0.05, 0) is 38.1 Å². The number of hydrogen-bond acceptors (Lipinski definition) is 5. The van der Waals surface area contributed by atoms with Crippen LogP contribution in [0.2, 0.25) is 0 Å². The predicted octanol–water partition coefficient (Wildman–Crippen LogP) is 2.48. The number of carbonyl (C=O) groups excluding carboxylic acids is 3. The number of hydrogen-bond donors (Lipinski definition) is 0. The van der Waals surface area contributed by atoms with Crippen LogP contribution in [0.4, 0.5) is 5.69 Å². The van der Waals surface area contributed by atoms with Gasteiger partial charge in [0.05, 0.1) is 30.1 Å². The molecule has 0 aromatic heterocycles. The van der Waals surface area contributed by atoms with E-state index in [0.29, 0.717) is 29.2 Å². The zero-order chi connectivity index (χ0) is 18.2. The van der Waals surface area contributed by atoms with E-state index < -0.39 is 5.97 Å². The Hall–Kier alpha value is -2.47. The van der Waals surface area contributed by atoms with E-state index >= 15 is 0 Å². The maximum Gasteiger partial charge on any atom is 0.338 e. The fourth-order valence-electron chi connectivity index (χ4n) is 2.86. The number of ether oxygens (including phenoxy) is 2. The highest BCUT2D eigenvalue weighted by Crippen LogP contribution is 2.35. The van der Waals surface area contributed by atoms with Gasteiger partial charge in [-0.1, -0.05) is 6.92 Å². The number of anilines is 1. The second kappa shape index (κ2) is 6.44. The first-order chi connectivity index (χ1) is 11.8. The number of esters is 1. The van der Waals surface area contributed by atoms with E-state index in [9.17, 15) is 14.4 Å². The third-order valence-corrected chi connectivity index (χ3v) is 5.00. The molecule has 1 fully saturated rings. The van der Waals surface area contributed by atoms with Gasteiger partial charge in [0.2, 0.25) is 0 Å². The smallest absolute Gasteiger partial charge is 0.338 e. The lowest BCUT2D eigenvalue weighted by Gasteiger charge is -2.45. The summed E-state index contributed by atoms with van der Waals surface area (Å²) in [6.45, 7) is 6.76. The minimum atomic E-state index is -0.435. The van der Waals surface area contributed by atoms with Gasteiger partial charge >= 0.3 is 5.97 Å². The quantitative estimate of drug-likeness (QED) is 0.607. The maximum atomic E-state index is 12.1. The van der Waals surface area contributed by atoms with E-state index in [1.807, 2.05) is 6.92 Å². The molecular weight excluding hydrogens is 322 g/mol. The van der Waals surface area contributed by atoms with Crippen LogP contribution in [0.15, 0.2) is 35.9 Å². The lowest BCUT2D eigenvalue weighted by molar-refractivity contribution is -0.193. The fraction of sp³-hybridized carbons (Fsp3) is 0.421. The maximum absolute atomic E-state index is 12.1. The first-order valence-electron chi connectivity index (χ1n) is 8.30. The Bertz CT molecular complexity index is 752. The van der Waals surface area contributed by atoms with Gasteiger partial charge in [-0.25, -0.2) is 9.69 Å². The van der Waals surface area contributed by atoms with Gasteiger partial charge in [-0.3, -0.25) is 9.59 Å². The normalized spacial score (nSPS) is 25.6. The minimum absolute atomic E-state index is 0.217. The van der Waals surface area contributed by atoms with Crippen molar-refractivity contribution in [1.82, 2.24) is 0 Å². The van der Waals surface area contributed by atoms with E-state index in [1.54, 1.807) is 31.2 Å². The Labute approximate surface area is 146 Å². The molecule has 2 atom stereocenters. The number of imide groups is 1. The van der Waals surface area contributed by atoms with Crippen LogP contribution in [0.3, 0.4) is 0 Å². The minimum Gasteiger partial charge on any atom is -0.462 e. The Morgan fingerprint density at radius 1 is 1.32 bits per heavy atom. The standard InChI is InChI=1S/C19H21NO5/c1-12-10-16(21)20(17(12)22)15-6-4-14(5-7-15)18(23)24-9-8-19(3)13(2)11-25-19/h4-7,10,13H,8-9,11H2,1-3H3. The molecule has 0 spiro atoms. The molecule has 2 aliphatic rings. The summed E-state index contributed by atoms with van der Waals surface area (Å²) in [6.07, 6.45) is 1.95. The molecule has 1 aromatic carbocycles. The van der Waals surface area contributed by atoms with Crippen LogP contribution in [-0.2, 0) is 19.1 Å². The third kappa shape index (κ3) is 3.22. The molecule has 2 amide bonds. The van der Waals surface area contributed by atoms with Gasteiger partial charge in [0, 0.05) is 24.0 Å². The summed E-state index contributed by atoms with van der Waals surface area (Å²) in [5.41, 5.74) is 0.990. The molecule has 0 radical (unpaired) electrons. The van der Waals surface area contributed by atoms with E-state index in [2.05, 4.69) is 6.92 Å². The van der Waals surface area contributed by atoms with Crippen LogP contribution in [0, 0.1) is 5.92 Å². The Morgan fingerprint density at radius 2 is 2.00 bits per heavy atom. The molecule has 25 heavy (non-hydrogen) atoms. The average molecular weight is 343 g/mol. The van der Waals surface area contributed by atoms with Crippen LogP contribution in [0.25, 0.3) is 0 Å². The van der Waals surface area contributed by atoms with Gasteiger partial charge in [0.15, 0.2) is 0 Å². The van der Waals surface area contributed by atoms with Crippen molar-refractivity contribution in [2.45, 2.75) is 32.8 Å². The number of benzene rings is 1. The first kappa shape index (κ1) is 17.4. The van der Waals surface area contributed by atoms with E-state index in [0.717, 1.165) is 11.5 Å². The molecule has 6 nitrogen and oxygen atoms in total. The van der Waals surface area contributed by atoms with Gasteiger partial charge in [-0.2, -0.15) is 0 Å². The van der Waals surface area contributed by atoms with Crippen LogP contribution in [-0.4, -0.2) is 36.6 Å². The monoisotopic (exact) mass is 343 g/mol. The molecule has 2 aliphatic heterocycles. The van der Waals surface area contributed by atoms with Crippen molar-refractivity contribution < 1.29 is 23.9 Å². The lowest BCUT2D eigenvalue weighted by Crippen LogP contribution is -2.50. The third-order valence-electron chi connectivity index (χ3n) is 5.00. The zero-order valence-corrected chi connectivity index (χ0v) is 14.6. The largest absolute Gasteiger partial charge is 0.462 e. The summed E-state index contributed by atoms with van der Waals surface area (Å²) < 4.78 is 10.8. The summed E-state index contributed by atoms with van der Waals surface area (Å²) >= 11 is 0. The molecule has 1 aromatic rings. The number of rotatable bonds is 5. The molecule has 1 saturated heterocycles. The SMILES string of the molecule is CC1=CC(=O)N(c2ccc(C(=O)OCCC3(C)OCC3C)cc2)C1=O. The summed E-state index contributed by atoms with van der Waals surface area (Å²) in [5, 5.41) is 0. The predicted molar refractivity (Wildman–Crippen MR) is 91.1 cm³/mol. The molecule has 0 aliphatic carbocycles. The van der Waals surface area contributed by atoms with Crippen LogP contribution >= 0.6 is 0 Å². The van der Waals surface area contributed by atoms with E-state index in [1.165, 1.54) is 6.08 Å². The highest BCUT2D eigenvalue weighted by molar-refractivity contribution is 6.30. The van der Waals surface area contributed by atoms with Crippen molar-refractivity contribution in [1.29, 1.82) is 0 Å². The second-order valence-corrected chi connectivity index (χ2v) is 6.76. The van der Waals surface area contributed by atoms with E-state index in [4.69, 9.17) is 9.47 Å². The molecule has 6 heteroatoms. The number of nitrogens with zero attached hydrogens (tertiary/aromatic N) is 1. The first-order valence-corrected chi connectivity index (χ1v) is 8.30. The van der Waals surface area contributed by atoms with Gasteiger partial charge in [-0.15, -0.1) is 0 Å². The van der Waals surface area contributed by atoms with Gasteiger partial charge in [0.25, 0.3) is 11.8 Å². The number of carbonyl (C=O) groups is 3. The van der Waals surface area contributed by atoms with Crippen molar-refractivity contribution in [3.05, 3.63) is 41.5 Å². The molecule has 0 bridgehead atoms. The van der Waals surface area contributed by atoms with Crippen molar-refractivity contribution in [2.24, 2.45) is 5.92 Å². The molecule has 0 saturated carbocycles. The van der Waals surface area contributed by atoms with Crippen molar-refractivity contribution >= 4 is 23.5 Å². The molecule has 0 N–H and O–H groups in total. The molecular formula is C19H21NO5. The molecule has 132 valence electrons. The van der Waals surface area contributed by atoms with Crippen molar-refractivity contribution in [3.63, 3.8) is 0 Å². The summed E-state index contributed by atoms with van der Waals surface area (Å²) in [7, 11) is 0. The summed E-state index contributed by atoms with van der Waals surface area (Å²) in [5.74, 6) is -0.697.